The molecule has 0 bridgehead atoms. The molecule has 0 atom stereocenters. The van der Waals surface area contributed by atoms with Crippen LogP contribution in [0.15, 0.2) is 231 Å². The summed E-state index contributed by atoms with van der Waals surface area (Å²) in [4.78, 5) is 0. The van der Waals surface area contributed by atoms with Crippen LogP contribution in [0.1, 0.15) is 57.0 Å². The van der Waals surface area contributed by atoms with E-state index in [1.165, 1.54) is 0 Å². The molecule has 10 aromatic carbocycles. The normalized spacial score (nSPS) is 10.8. The number of para-hydroxylation sites is 4. The van der Waals surface area contributed by atoms with Gasteiger partial charge in [-0.3, -0.25) is 0 Å². The van der Waals surface area contributed by atoms with E-state index in [2.05, 4.69) is 153 Å². The van der Waals surface area contributed by atoms with Gasteiger partial charge < -0.3 is 52.1 Å². The monoisotopic (exact) mass is 1150 g/mol. The Morgan fingerprint density at radius 3 is 0.884 bits per heavy atom. The molecule has 0 radical (unpaired) electrons. The number of rotatable bonds is 21. The molecular formula is C75H76O11. The number of aryl methyl sites for hydroxylation is 1. The van der Waals surface area contributed by atoms with Gasteiger partial charge >= 0.3 is 0 Å². The number of hydrogen-bond donors (Lipinski definition) is 0. The lowest BCUT2D eigenvalue weighted by Gasteiger charge is -2.39. The number of benzene rings is 10. The third-order valence-electron chi connectivity index (χ3n) is 15.4. The van der Waals surface area contributed by atoms with Crippen molar-refractivity contribution >= 4 is 0 Å². The van der Waals surface area contributed by atoms with Gasteiger partial charge in [-0.2, -0.15) is 0 Å². The highest BCUT2D eigenvalue weighted by Gasteiger charge is 2.44. The van der Waals surface area contributed by atoms with Crippen molar-refractivity contribution in [3.63, 3.8) is 0 Å². The molecule has 0 saturated carbocycles. The van der Waals surface area contributed by atoms with Crippen molar-refractivity contribution in [3.05, 3.63) is 281 Å². The molecule has 0 unspecified atom stereocenters. The van der Waals surface area contributed by atoms with Gasteiger partial charge in [0, 0.05) is 22.3 Å². The third-order valence-corrected chi connectivity index (χ3v) is 15.4. The molecule has 10 aromatic rings. The van der Waals surface area contributed by atoms with Crippen molar-refractivity contribution in [3.8, 4) is 74.4 Å². The first kappa shape index (κ1) is 62.1. The van der Waals surface area contributed by atoms with Gasteiger partial charge in [-0.25, -0.2) is 0 Å². The molecule has 0 aliphatic rings. The van der Waals surface area contributed by atoms with E-state index in [0.717, 1.165) is 73.4 Å². The minimum absolute atomic E-state index is 0.637. The van der Waals surface area contributed by atoms with Gasteiger partial charge in [-0.15, -0.1) is 0 Å². The van der Waals surface area contributed by atoms with Crippen molar-refractivity contribution in [2.45, 2.75) is 24.2 Å². The first-order valence-corrected chi connectivity index (χ1v) is 28.1. The highest BCUT2D eigenvalue weighted by Crippen LogP contribution is 2.54. The average molecular weight is 1150 g/mol. The highest BCUT2D eigenvalue weighted by atomic mass is 16.5. The maximum absolute atomic E-state index is 6.10. The zero-order valence-electron chi connectivity index (χ0n) is 51.1. The minimum Gasteiger partial charge on any atom is -0.496 e. The Hall–Kier alpha value is -10.0. The van der Waals surface area contributed by atoms with Crippen molar-refractivity contribution in [2.75, 3.05) is 78.2 Å². The van der Waals surface area contributed by atoms with Crippen molar-refractivity contribution in [1.29, 1.82) is 0 Å². The number of ether oxygens (including phenoxy) is 11. The molecule has 0 spiro atoms. The average Bonchev–Trinajstić information content (AvgIpc) is 0.929. The molecule has 0 heterocycles. The molecule has 0 fully saturated rings. The van der Waals surface area contributed by atoms with E-state index in [0.29, 0.717) is 57.5 Å². The largest absolute Gasteiger partial charge is 0.496 e. The predicted molar refractivity (Wildman–Crippen MR) is 343 cm³/mol. The summed E-state index contributed by atoms with van der Waals surface area (Å²) < 4.78 is 61.9. The Balaban J connectivity index is 0.000000173. The van der Waals surface area contributed by atoms with E-state index in [1.807, 2.05) is 84.9 Å². The van der Waals surface area contributed by atoms with Crippen LogP contribution in [0.5, 0.6) is 63.2 Å². The lowest BCUT2D eigenvalue weighted by Crippen LogP contribution is -2.32. The number of methoxy groups -OCH3 is 11. The first-order chi connectivity index (χ1) is 42.2. The fraction of sp³-hybridized carbons (Fsp3) is 0.200. The van der Waals surface area contributed by atoms with Crippen LogP contribution in [0.25, 0.3) is 11.1 Å². The van der Waals surface area contributed by atoms with Crippen LogP contribution in [-0.2, 0) is 17.3 Å². The van der Waals surface area contributed by atoms with E-state index in [9.17, 15) is 0 Å². The fourth-order valence-corrected chi connectivity index (χ4v) is 11.6. The molecule has 0 aliphatic carbocycles. The minimum atomic E-state index is -0.696. The first-order valence-electron chi connectivity index (χ1n) is 28.1. The lowest BCUT2D eigenvalue weighted by atomic mass is 9.64. The molecule has 0 saturated heterocycles. The standard InChI is InChI=1S/C30H30O3.C29H28O4.C16H18O4/c1-5-22-14-12-19-25(28(22)32-3)30(23-15-8-6-9-16-23,24-17-10-7-11-18-24)26-20-13-21-27(31-2)29(26)33-4;1-30-25-17-15-23(19-27(25)32-3)29(21-11-7-5-8-12-21,22-13-9-6-10-14-22)24-16-18-26(31-2)28(20-24)33-4;1-17-13-9-5-7-11(15(13)19-3)12-8-6-10-14(18-2)16(12)20-4/h6-21H,5H2,1-4H3;5-20H,1-4H3;5-10H,1-4H3. The highest BCUT2D eigenvalue weighted by molar-refractivity contribution is 5.80. The summed E-state index contributed by atoms with van der Waals surface area (Å²) in [6, 6.07) is 78.2. The van der Waals surface area contributed by atoms with Crippen molar-refractivity contribution in [1.82, 2.24) is 0 Å². The topological polar surface area (TPSA) is 102 Å². The Labute approximate surface area is 507 Å². The molecule has 86 heavy (non-hydrogen) atoms. The molecule has 442 valence electrons. The number of hydrogen-bond acceptors (Lipinski definition) is 11. The van der Waals surface area contributed by atoms with Crippen LogP contribution < -0.4 is 52.1 Å². The second-order valence-corrected chi connectivity index (χ2v) is 19.6. The summed E-state index contributed by atoms with van der Waals surface area (Å²) in [6.07, 6.45) is 0.867. The maximum atomic E-state index is 6.10. The Morgan fingerprint density at radius 2 is 0.547 bits per heavy atom. The van der Waals surface area contributed by atoms with Crippen molar-refractivity contribution in [2.24, 2.45) is 0 Å². The third kappa shape index (κ3) is 12.2. The smallest absolute Gasteiger partial charge is 0.168 e. The lowest BCUT2D eigenvalue weighted by molar-refractivity contribution is 0.348. The summed E-state index contributed by atoms with van der Waals surface area (Å²) in [5.74, 6) is 7.68. The Morgan fingerprint density at radius 1 is 0.233 bits per heavy atom. The van der Waals surface area contributed by atoms with Gasteiger partial charge in [0.25, 0.3) is 0 Å². The Kier molecular flexibility index (Phi) is 21.3. The summed E-state index contributed by atoms with van der Waals surface area (Å²) in [5, 5.41) is 0. The Bertz CT molecular complexity index is 3510. The van der Waals surface area contributed by atoms with Gasteiger partial charge in [0.05, 0.1) is 89.0 Å². The van der Waals surface area contributed by atoms with Gasteiger partial charge in [0.1, 0.15) is 5.75 Å². The van der Waals surface area contributed by atoms with Gasteiger partial charge in [-0.1, -0.05) is 195 Å². The molecule has 0 amide bonds. The SMILES string of the molecule is CCc1cccc(C(c2ccccc2)(c2ccccc2)c2cccc(OC)c2OC)c1OC.COc1ccc(C(c2ccccc2)(c2ccccc2)c2ccc(OC)c(OC)c2)cc1OC.COc1cccc(-c2cccc(OC)c2OC)c1OC. The summed E-state index contributed by atoms with van der Waals surface area (Å²) in [6.45, 7) is 2.15. The van der Waals surface area contributed by atoms with Crippen LogP contribution in [0.4, 0.5) is 0 Å². The molecule has 0 aromatic heterocycles. The zero-order chi connectivity index (χ0) is 61.1. The van der Waals surface area contributed by atoms with Gasteiger partial charge in [0.2, 0.25) is 0 Å². The van der Waals surface area contributed by atoms with E-state index in [4.69, 9.17) is 52.1 Å². The second kappa shape index (κ2) is 29.5. The molecule has 11 heteroatoms. The molecule has 0 N–H and O–H groups in total. The maximum Gasteiger partial charge on any atom is 0.168 e. The van der Waals surface area contributed by atoms with Crippen LogP contribution in [0, 0.1) is 0 Å². The molecule has 11 nitrogen and oxygen atoms in total. The van der Waals surface area contributed by atoms with E-state index in [1.54, 1.807) is 78.2 Å². The van der Waals surface area contributed by atoms with E-state index < -0.39 is 10.8 Å². The van der Waals surface area contributed by atoms with Crippen LogP contribution in [0.2, 0.25) is 0 Å². The summed E-state index contributed by atoms with van der Waals surface area (Å²) >= 11 is 0. The quantitative estimate of drug-likeness (QED) is 0.0643. The predicted octanol–water partition coefficient (Wildman–Crippen LogP) is 16.1. The van der Waals surface area contributed by atoms with Crippen LogP contribution >= 0.6 is 0 Å². The molecule has 10 rings (SSSR count). The van der Waals surface area contributed by atoms with Crippen LogP contribution in [-0.4, -0.2) is 78.2 Å². The van der Waals surface area contributed by atoms with Crippen molar-refractivity contribution < 1.29 is 52.1 Å². The molecule has 0 aliphatic heterocycles. The fourth-order valence-electron chi connectivity index (χ4n) is 11.6. The van der Waals surface area contributed by atoms with E-state index >= 15 is 0 Å². The molecular weight excluding hydrogens is 1080 g/mol. The second-order valence-electron chi connectivity index (χ2n) is 19.6. The van der Waals surface area contributed by atoms with Gasteiger partial charge in [0.15, 0.2) is 57.5 Å². The zero-order valence-corrected chi connectivity index (χ0v) is 51.1. The summed E-state index contributed by atoms with van der Waals surface area (Å²) in [5.41, 5.74) is 10.2. The van der Waals surface area contributed by atoms with Crippen LogP contribution in [0.3, 0.4) is 0 Å². The van der Waals surface area contributed by atoms with E-state index in [-0.39, 0.29) is 0 Å². The van der Waals surface area contributed by atoms with Gasteiger partial charge in [-0.05, 0) is 87.8 Å². The summed E-state index contributed by atoms with van der Waals surface area (Å²) in [7, 11) is 18.2.